The number of carbonyl (C=O) groups is 1. The maximum atomic E-state index is 15.5. The minimum Gasteiger partial charge on any atom is -0.371 e. The van der Waals surface area contributed by atoms with Gasteiger partial charge in [0.15, 0.2) is 5.65 Å². The fraction of sp³-hybridized carbons (Fsp3) is 0.406. The molecule has 0 radical (unpaired) electrons. The molecule has 4 aromatic rings. The van der Waals surface area contributed by atoms with Crippen molar-refractivity contribution >= 4 is 27.0 Å². The highest BCUT2D eigenvalue weighted by Gasteiger charge is 2.33. The van der Waals surface area contributed by atoms with Gasteiger partial charge >= 0.3 is 0 Å². The number of nitrogens with one attached hydrogen (secondary N) is 1. The molecule has 3 aliphatic rings. The Morgan fingerprint density at radius 2 is 1.90 bits per heavy atom. The Morgan fingerprint density at radius 3 is 2.67 bits per heavy atom. The van der Waals surface area contributed by atoms with Gasteiger partial charge < -0.3 is 9.80 Å². The van der Waals surface area contributed by atoms with Crippen molar-refractivity contribution < 1.29 is 13.4 Å². The second-order valence-corrected chi connectivity index (χ2v) is 14.5. The molecule has 2 aromatic heterocycles. The van der Waals surface area contributed by atoms with E-state index in [4.69, 9.17) is 14.9 Å². The Hall–Kier alpha value is -3.79. The summed E-state index contributed by atoms with van der Waals surface area (Å²) in [4.78, 5) is 22.5. The number of aromatic nitrogens is 3. The molecule has 4 heterocycles. The number of hydrogen-bond acceptors (Lipinski definition) is 6. The van der Waals surface area contributed by atoms with Crippen molar-refractivity contribution in [2.24, 2.45) is 5.92 Å². The van der Waals surface area contributed by atoms with Crippen LogP contribution in [0.3, 0.4) is 0 Å². The third-order valence-electron chi connectivity index (χ3n) is 8.96. The molecule has 1 amide bonds. The molecule has 10 heteroatoms. The summed E-state index contributed by atoms with van der Waals surface area (Å²) in [6, 6.07) is 17.1. The molecule has 2 fully saturated rings. The largest absolute Gasteiger partial charge is 0.371 e. The first kappa shape index (κ1) is 27.1. The van der Waals surface area contributed by atoms with Crippen molar-refractivity contribution in [3.05, 3.63) is 82.9 Å². The first-order chi connectivity index (χ1) is 20.1. The highest BCUT2D eigenvalue weighted by atomic mass is 32.2. The second-order valence-electron chi connectivity index (χ2n) is 12.2. The molecule has 1 unspecified atom stereocenters. The number of anilines is 1. The van der Waals surface area contributed by atoms with Crippen LogP contribution in [-0.2, 0) is 16.1 Å². The van der Waals surface area contributed by atoms with Crippen LogP contribution in [0.25, 0.3) is 16.9 Å². The van der Waals surface area contributed by atoms with E-state index >= 15 is 4.39 Å². The highest BCUT2D eigenvalue weighted by molar-refractivity contribution is 7.91. The van der Waals surface area contributed by atoms with Crippen LogP contribution < -0.4 is 4.90 Å². The molecule has 1 aliphatic carbocycles. The van der Waals surface area contributed by atoms with Crippen molar-refractivity contribution in [2.75, 3.05) is 36.5 Å². The molecule has 7 rings (SSSR count). The highest BCUT2D eigenvalue weighted by Crippen LogP contribution is 2.41. The van der Waals surface area contributed by atoms with Gasteiger partial charge in [-0.3, -0.25) is 13.8 Å². The summed E-state index contributed by atoms with van der Waals surface area (Å²) >= 11 is 0. The maximum absolute atomic E-state index is 15.5. The molecule has 2 aromatic carbocycles. The zero-order valence-electron chi connectivity index (χ0n) is 23.9. The molecular weight excluding hydrogens is 551 g/mol. The molecule has 0 spiro atoms. The van der Waals surface area contributed by atoms with Gasteiger partial charge in [-0.25, -0.2) is 13.9 Å². The Labute approximate surface area is 245 Å². The molecule has 42 heavy (non-hydrogen) atoms. The van der Waals surface area contributed by atoms with E-state index in [1.807, 2.05) is 29.2 Å². The van der Waals surface area contributed by atoms with E-state index < -0.39 is 9.73 Å². The van der Waals surface area contributed by atoms with Crippen LogP contribution in [0.5, 0.6) is 0 Å². The predicted octanol–water partition coefficient (Wildman–Crippen LogP) is 5.68. The van der Waals surface area contributed by atoms with Crippen molar-refractivity contribution in [2.45, 2.75) is 44.6 Å². The Balaban J connectivity index is 1.18. The fourth-order valence-corrected chi connectivity index (χ4v) is 7.84. The number of rotatable bonds is 6. The van der Waals surface area contributed by atoms with Crippen LogP contribution in [-0.4, -0.2) is 61.3 Å². The summed E-state index contributed by atoms with van der Waals surface area (Å²) in [6.07, 6.45) is 5.20. The van der Waals surface area contributed by atoms with Crippen molar-refractivity contribution in [3.63, 3.8) is 0 Å². The molecule has 2 aliphatic heterocycles. The predicted molar refractivity (Wildman–Crippen MR) is 162 cm³/mol. The van der Waals surface area contributed by atoms with E-state index in [9.17, 15) is 9.00 Å². The van der Waals surface area contributed by atoms with Gasteiger partial charge in [0.1, 0.15) is 11.5 Å². The lowest BCUT2D eigenvalue weighted by molar-refractivity contribution is 0.0671. The molecule has 1 saturated heterocycles. The summed E-state index contributed by atoms with van der Waals surface area (Å²) in [6.45, 7) is 4.13. The van der Waals surface area contributed by atoms with Gasteiger partial charge in [0.2, 0.25) is 0 Å². The number of amides is 1. The van der Waals surface area contributed by atoms with E-state index in [1.54, 1.807) is 16.6 Å². The van der Waals surface area contributed by atoms with Crippen LogP contribution in [0.2, 0.25) is 0 Å². The van der Waals surface area contributed by atoms with Crippen molar-refractivity contribution in [3.8, 4) is 11.3 Å². The lowest BCUT2D eigenvalue weighted by Gasteiger charge is -2.35. The topological polar surface area (TPSA) is 94.7 Å². The van der Waals surface area contributed by atoms with Crippen molar-refractivity contribution in [1.82, 2.24) is 19.5 Å². The van der Waals surface area contributed by atoms with E-state index in [0.717, 1.165) is 43.6 Å². The number of halogens is 1. The normalized spacial score (nSPS) is 21.9. The fourth-order valence-electron chi connectivity index (χ4n) is 6.67. The van der Waals surface area contributed by atoms with E-state index in [1.165, 1.54) is 23.4 Å². The summed E-state index contributed by atoms with van der Waals surface area (Å²) in [5.41, 5.74) is 6.01. The van der Waals surface area contributed by atoms with E-state index in [0.29, 0.717) is 47.4 Å². The van der Waals surface area contributed by atoms with Gasteiger partial charge in [0.05, 0.1) is 11.7 Å². The minimum absolute atomic E-state index is 0.0399. The lowest BCUT2D eigenvalue weighted by Crippen LogP contribution is -2.39. The number of hydrogen-bond donors (Lipinski definition) is 1. The molecule has 3 atom stereocenters. The van der Waals surface area contributed by atoms with Gasteiger partial charge in [0, 0.05) is 70.3 Å². The summed E-state index contributed by atoms with van der Waals surface area (Å²) < 4.78 is 37.0. The third-order valence-corrected chi connectivity index (χ3v) is 10.1. The van der Waals surface area contributed by atoms with Gasteiger partial charge in [-0.1, -0.05) is 24.3 Å². The van der Waals surface area contributed by atoms with Crippen LogP contribution >= 0.6 is 0 Å². The molecule has 1 N–H and O–H groups in total. The Bertz CT molecular complexity index is 1820. The van der Waals surface area contributed by atoms with Gasteiger partial charge in [0.25, 0.3) is 5.91 Å². The number of nitrogens with zero attached hydrogens (tertiary/aromatic N) is 5. The van der Waals surface area contributed by atoms with Gasteiger partial charge in [-0.05, 0) is 73.9 Å². The zero-order valence-corrected chi connectivity index (χ0v) is 24.7. The molecular formula is C32H35FN6O2S. The molecule has 8 nitrogen and oxygen atoms in total. The molecule has 0 bridgehead atoms. The average molecular weight is 587 g/mol. The number of benzene rings is 2. The third kappa shape index (κ3) is 5.06. The standard InChI is InChI=1S/C32H35FN6O2S/c1-20-25-6-4-3-5-22(25)12-14-38(20)32(40)29-16-30(23-7-8-23)39-31(35-29)17-28(36-39)26-10-9-24(15-27(26)33)37-13-11-21(18-37)19-42(2,34)41/h3-6,9-10,15-17,20-21,23,34H,7-8,11-14,18-19H2,1-2H3/t20-,21-,42?/m1/s1. The maximum Gasteiger partial charge on any atom is 0.273 e. The SMILES string of the molecule is C[C@@H]1c2ccccc2CCN1C(=O)c1cc(C2CC2)n2nc(-c3ccc(N4CC[C@@H](CS(C)(=N)=O)C4)cc3F)cc2n1. The average Bonchev–Trinajstić information content (AvgIpc) is 3.55. The number of fused-ring (bicyclic) bond motifs is 2. The lowest BCUT2D eigenvalue weighted by atomic mass is 9.93. The molecule has 218 valence electrons. The van der Waals surface area contributed by atoms with Crippen LogP contribution in [0, 0.1) is 16.5 Å². The van der Waals surface area contributed by atoms with Crippen LogP contribution in [0.1, 0.15) is 65.5 Å². The monoisotopic (exact) mass is 586 g/mol. The Morgan fingerprint density at radius 1 is 1.10 bits per heavy atom. The summed E-state index contributed by atoms with van der Waals surface area (Å²) in [5, 5.41) is 4.77. The van der Waals surface area contributed by atoms with Crippen LogP contribution in [0.4, 0.5) is 10.1 Å². The minimum atomic E-state index is -2.55. The Kier molecular flexibility index (Phi) is 6.56. The van der Waals surface area contributed by atoms with E-state index in [2.05, 4.69) is 24.0 Å². The van der Waals surface area contributed by atoms with Gasteiger partial charge in [-0.2, -0.15) is 5.10 Å². The smallest absolute Gasteiger partial charge is 0.273 e. The quantitative estimate of drug-likeness (QED) is 0.314. The first-order valence-electron chi connectivity index (χ1n) is 14.7. The summed E-state index contributed by atoms with van der Waals surface area (Å²) in [5.74, 6) is 0.395. The van der Waals surface area contributed by atoms with Crippen LogP contribution in [0.15, 0.2) is 54.6 Å². The second kappa shape index (κ2) is 10.2. The van der Waals surface area contributed by atoms with E-state index in [-0.39, 0.29) is 23.7 Å². The van der Waals surface area contributed by atoms with Crippen molar-refractivity contribution in [1.29, 1.82) is 4.78 Å². The number of carbonyl (C=O) groups excluding carboxylic acids is 1. The zero-order chi connectivity index (χ0) is 29.2. The first-order valence-corrected chi connectivity index (χ1v) is 16.8. The summed E-state index contributed by atoms with van der Waals surface area (Å²) in [7, 11) is -2.55. The van der Waals surface area contributed by atoms with Gasteiger partial charge in [-0.15, -0.1) is 0 Å². The molecule has 1 saturated carbocycles.